The fourth-order valence-corrected chi connectivity index (χ4v) is 2.56. The topological polar surface area (TPSA) is 54.0 Å². The van der Waals surface area contributed by atoms with Gasteiger partial charge in [-0.1, -0.05) is 31.2 Å². The fraction of sp³-hybridized carbons (Fsp3) is 0.500. The molecule has 3 fully saturated rings. The molecule has 0 amide bonds. The molecule has 108 valence electrons. The number of rotatable bonds is 3. The summed E-state index contributed by atoms with van der Waals surface area (Å²) in [4.78, 5) is 11.6. The van der Waals surface area contributed by atoms with Crippen molar-refractivity contribution < 1.29 is 23.5 Å². The van der Waals surface area contributed by atoms with E-state index in [0.29, 0.717) is 32.0 Å². The molecule has 0 unspecified atom stereocenters. The van der Waals surface area contributed by atoms with Gasteiger partial charge in [-0.15, -0.1) is 5.46 Å². The predicted molar refractivity (Wildman–Crippen MR) is 73.7 cm³/mol. The summed E-state index contributed by atoms with van der Waals surface area (Å²) in [5.74, 6) is -0.327. The standard InChI is InChI=1S/C14H18BO5/c1-3-17-13(16)11-4-6-12(7-5-11)15-18-8-14(2,9-19-15)10-20-15/h4-7H,3,8-10H2,1-2H3/q-1. The van der Waals surface area contributed by atoms with Crippen molar-refractivity contribution in [3.05, 3.63) is 29.8 Å². The molecular formula is C14H18BO5-. The highest BCUT2D eigenvalue weighted by molar-refractivity contribution is 6.75. The van der Waals surface area contributed by atoms with Gasteiger partial charge in [0.05, 0.1) is 12.2 Å². The van der Waals surface area contributed by atoms with Gasteiger partial charge >= 0.3 is 12.7 Å². The highest BCUT2D eigenvalue weighted by Crippen LogP contribution is 2.34. The molecule has 0 radical (unpaired) electrons. The molecule has 3 heterocycles. The number of fused-ring (bicyclic) bond motifs is 3. The van der Waals surface area contributed by atoms with Crippen LogP contribution in [-0.4, -0.2) is 39.2 Å². The molecule has 0 N–H and O–H groups in total. The van der Waals surface area contributed by atoms with E-state index in [-0.39, 0.29) is 11.4 Å². The molecule has 3 aliphatic heterocycles. The number of hydrogen-bond acceptors (Lipinski definition) is 5. The molecule has 0 spiro atoms. The van der Waals surface area contributed by atoms with Crippen LogP contribution in [0.2, 0.25) is 0 Å². The van der Waals surface area contributed by atoms with Gasteiger partial charge in [0.2, 0.25) is 0 Å². The Bertz CT molecular complexity index is 488. The number of hydrogen-bond donors (Lipinski definition) is 0. The van der Waals surface area contributed by atoms with Gasteiger partial charge in [-0.05, 0) is 6.92 Å². The van der Waals surface area contributed by atoms with Crippen LogP contribution in [0.15, 0.2) is 24.3 Å². The Morgan fingerprint density at radius 3 is 2.25 bits per heavy atom. The largest absolute Gasteiger partial charge is 0.540 e. The van der Waals surface area contributed by atoms with Crippen LogP contribution in [0, 0.1) is 5.41 Å². The molecular weight excluding hydrogens is 259 g/mol. The zero-order chi connectivity index (χ0) is 14.2. The molecule has 1 aromatic rings. The van der Waals surface area contributed by atoms with Gasteiger partial charge < -0.3 is 18.7 Å². The van der Waals surface area contributed by atoms with Crippen molar-refractivity contribution in [2.45, 2.75) is 13.8 Å². The minimum absolute atomic E-state index is 0.0472. The average Bonchev–Trinajstić information content (AvgIpc) is 2.49. The van der Waals surface area contributed by atoms with Crippen LogP contribution >= 0.6 is 0 Å². The van der Waals surface area contributed by atoms with Crippen LogP contribution in [0.3, 0.4) is 0 Å². The lowest BCUT2D eigenvalue weighted by Gasteiger charge is -2.58. The zero-order valence-electron chi connectivity index (χ0n) is 11.8. The Hall–Kier alpha value is -1.37. The number of carbonyl (C=O) groups excluding carboxylic acids is 1. The van der Waals surface area contributed by atoms with E-state index >= 15 is 0 Å². The summed E-state index contributed by atoms with van der Waals surface area (Å²) in [6.07, 6.45) is 0. The minimum Gasteiger partial charge on any atom is -0.540 e. The Morgan fingerprint density at radius 2 is 1.75 bits per heavy atom. The first kappa shape index (κ1) is 13.6. The molecule has 20 heavy (non-hydrogen) atoms. The summed E-state index contributed by atoms with van der Waals surface area (Å²) in [7, 11) is 0. The van der Waals surface area contributed by atoms with E-state index in [4.69, 9.17) is 18.7 Å². The molecule has 3 aliphatic rings. The van der Waals surface area contributed by atoms with Crippen LogP contribution in [-0.2, 0) is 18.7 Å². The molecule has 5 nitrogen and oxygen atoms in total. The van der Waals surface area contributed by atoms with E-state index in [1.807, 2.05) is 0 Å². The van der Waals surface area contributed by atoms with E-state index in [9.17, 15) is 4.79 Å². The van der Waals surface area contributed by atoms with E-state index in [1.54, 1.807) is 31.2 Å². The lowest BCUT2D eigenvalue weighted by atomic mass is 9.64. The first-order valence-corrected chi connectivity index (χ1v) is 6.90. The number of benzene rings is 1. The Morgan fingerprint density at radius 1 is 1.20 bits per heavy atom. The van der Waals surface area contributed by atoms with Gasteiger partial charge in [-0.2, -0.15) is 0 Å². The van der Waals surface area contributed by atoms with Gasteiger partial charge in [0, 0.05) is 25.2 Å². The van der Waals surface area contributed by atoms with Crippen LogP contribution in [0.25, 0.3) is 0 Å². The SMILES string of the molecule is CCOC(=O)c1ccc([B-]23OCC(C)(CO2)CO3)cc1. The smallest absolute Gasteiger partial charge is 0.409 e. The second-order valence-corrected chi connectivity index (χ2v) is 5.73. The monoisotopic (exact) mass is 277 g/mol. The van der Waals surface area contributed by atoms with Crippen molar-refractivity contribution in [3.63, 3.8) is 0 Å². The second-order valence-electron chi connectivity index (χ2n) is 5.73. The summed E-state index contributed by atoms with van der Waals surface area (Å²) in [5.41, 5.74) is 1.29. The summed E-state index contributed by atoms with van der Waals surface area (Å²) >= 11 is 0. The lowest BCUT2D eigenvalue weighted by Crippen LogP contribution is -2.68. The third kappa shape index (κ3) is 2.24. The molecule has 0 atom stereocenters. The highest BCUT2D eigenvalue weighted by atomic mass is 16.8. The Balaban J connectivity index is 1.80. The molecule has 0 aliphatic carbocycles. The normalized spacial score (nSPS) is 32.1. The van der Waals surface area contributed by atoms with Crippen LogP contribution in [0.4, 0.5) is 0 Å². The number of carbonyl (C=O) groups is 1. The molecule has 0 saturated carbocycles. The number of esters is 1. The first-order chi connectivity index (χ1) is 9.57. The van der Waals surface area contributed by atoms with Gasteiger partial charge in [0.15, 0.2) is 0 Å². The van der Waals surface area contributed by atoms with Crippen molar-refractivity contribution in [2.75, 3.05) is 26.4 Å². The van der Waals surface area contributed by atoms with Crippen molar-refractivity contribution >= 4 is 18.2 Å². The van der Waals surface area contributed by atoms with Gasteiger partial charge in [-0.25, -0.2) is 4.79 Å². The highest BCUT2D eigenvalue weighted by Gasteiger charge is 2.46. The zero-order valence-corrected chi connectivity index (χ0v) is 11.8. The third-order valence-electron chi connectivity index (χ3n) is 3.78. The first-order valence-electron chi connectivity index (χ1n) is 6.90. The maximum atomic E-state index is 11.6. The molecule has 1 aromatic carbocycles. The van der Waals surface area contributed by atoms with Gasteiger partial charge in [0.25, 0.3) is 0 Å². The summed E-state index contributed by atoms with van der Waals surface area (Å²) < 4.78 is 22.4. The van der Waals surface area contributed by atoms with E-state index < -0.39 is 6.75 Å². The molecule has 4 rings (SSSR count). The number of ether oxygens (including phenoxy) is 1. The summed E-state index contributed by atoms with van der Waals surface area (Å²) in [6.45, 7) is 4.27. The fourth-order valence-electron chi connectivity index (χ4n) is 2.56. The Labute approximate surface area is 118 Å². The summed E-state index contributed by atoms with van der Waals surface area (Å²) in [5, 5.41) is 0. The van der Waals surface area contributed by atoms with E-state index in [0.717, 1.165) is 5.46 Å². The van der Waals surface area contributed by atoms with Crippen molar-refractivity contribution in [3.8, 4) is 0 Å². The van der Waals surface area contributed by atoms with Crippen LogP contribution < -0.4 is 5.46 Å². The Kier molecular flexibility index (Phi) is 3.32. The van der Waals surface area contributed by atoms with Crippen molar-refractivity contribution in [1.29, 1.82) is 0 Å². The van der Waals surface area contributed by atoms with E-state index in [1.165, 1.54) is 0 Å². The van der Waals surface area contributed by atoms with E-state index in [2.05, 4.69) is 6.92 Å². The quantitative estimate of drug-likeness (QED) is 0.611. The third-order valence-corrected chi connectivity index (χ3v) is 3.78. The lowest BCUT2D eigenvalue weighted by molar-refractivity contribution is -0.119. The summed E-state index contributed by atoms with van der Waals surface area (Å²) in [6, 6.07) is 7.03. The molecule has 6 heteroatoms. The van der Waals surface area contributed by atoms with Crippen LogP contribution in [0.1, 0.15) is 24.2 Å². The molecule has 3 saturated heterocycles. The van der Waals surface area contributed by atoms with Crippen molar-refractivity contribution in [1.82, 2.24) is 0 Å². The van der Waals surface area contributed by atoms with Crippen molar-refractivity contribution in [2.24, 2.45) is 5.41 Å². The van der Waals surface area contributed by atoms with Gasteiger partial charge in [0.1, 0.15) is 0 Å². The maximum Gasteiger partial charge on any atom is 0.409 e. The van der Waals surface area contributed by atoms with Crippen LogP contribution in [0.5, 0.6) is 0 Å². The molecule has 2 bridgehead atoms. The maximum absolute atomic E-state index is 11.6. The predicted octanol–water partition coefficient (Wildman–Crippen LogP) is 1.09. The molecule has 0 aromatic heterocycles. The van der Waals surface area contributed by atoms with Gasteiger partial charge in [-0.3, -0.25) is 0 Å². The average molecular weight is 277 g/mol. The minimum atomic E-state index is -1.85. The second kappa shape index (κ2) is 4.88.